The standard InChI is InChI=1S/C24H28F3NO5/c1-20-6-3-13(29)9-12(20)10-15(28-19(31)24(25,26)27)18-14-4-7-22(8-5-17(30)33-22)21(14,2)11-16-23(18,20)32-16/h9,14-16,18H,3-8,10-11H2,1-2H3,(H,28,31)/t14?,15-,16-,18?,20+,21+,22-,23-/m1/s1. The molecule has 5 fully saturated rings. The first-order valence-corrected chi connectivity index (χ1v) is 11.9. The molecule has 0 aromatic carbocycles. The van der Waals surface area contributed by atoms with E-state index in [0.29, 0.717) is 44.9 Å². The lowest BCUT2D eigenvalue weighted by atomic mass is 9.45. The topological polar surface area (TPSA) is 85.0 Å². The Morgan fingerprint density at radius 2 is 1.91 bits per heavy atom. The Morgan fingerprint density at radius 1 is 1.15 bits per heavy atom. The fourth-order valence-electron chi connectivity index (χ4n) is 8.70. The maximum absolute atomic E-state index is 13.3. The van der Waals surface area contributed by atoms with Crippen LogP contribution in [0, 0.1) is 22.7 Å². The highest BCUT2D eigenvalue weighted by atomic mass is 19.4. The number of nitrogens with one attached hydrogen (secondary N) is 1. The second-order valence-electron chi connectivity index (χ2n) is 11.4. The number of ether oxygens (including phenoxy) is 2. The molecule has 9 heteroatoms. The number of carbonyl (C=O) groups excluding carboxylic acids is 3. The third-order valence-corrected chi connectivity index (χ3v) is 10.3. The quantitative estimate of drug-likeness (QED) is 0.472. The van der Waals surface area contributed by atoms with Crippen molar-refractivity contribution in [2.75, 3.05) is 0 Å². The molecule has 2 spiro atoms. The van der Waals surface area contributed by atoms with Crippen LogP contribution in [0.1, 0.15) is 65.2 Å². The lowest BCUT2D eigenvalue weighted by molar-refractivity contribution is -0.177. The summed E-state index contributed by atoms with van der Waals surface area (Å²) in [5, 5.41) is 2.29. The van der Waals surface area contributed by atoms with Gasteiger partial charge in [-0.1, -0.05) is 19.4 Å². The summed E-state index contributed by atoms with van der Waals surface area (Å²) < 4.78 is 52.2. The van der Waals surface area contributed by atoms with E-state index in [0.717, 1.165) is 5.57 Å². The lowest BCUT2D eigenvalue weighted by Gasteiger charge is -2.59. The molecule has 2 heterocycles. The van der Waals surface area contributed by atoms with Crippen LogP contribution < -0.4 is 5.32 Å². The van der Waals surface area contributed by atoms with Crippen molar-refractivity contribution in [1.82, 2.24) is 5.32 Å². The summed E-state index contributed by atoms with van der Waals surface area (Å²) in [4.78, 5) is 36.4. The van der Waals surface area contributed by atoms with Gasteiger partial charge in [0.25, 0.3) is 0 Å². The van der Waals surface area contributed by atoms with Crippen molar-refractivity contribution in [2.24, 2.45) is 22.7 Å². The van der Waals surface area contributed by atoms with E-state index in [9.17, 15) is 27.6 Å². The van der Waals surface area contributed by atoms with Gasteiger partial charge in [0.2, 0.25) is 0 Å². The maximum Gasteiger partial charge on any atom is 0.471 e. The van der Waals surface area contributed by atoms with Crippen molar-refractivity contribution in [3.8, 4) is 0 Å². The van der Waals surface area contributed by atoms with Crippen LogP contribution in [0.3, 0.4) is 0 Å². The molecule has 6 nitrogen and oxygen atoms in total. The Morgan fingerprint density at radius 3 is 2.58 bits per heavy atom. The smallest absolute Gasteiger partial charge is 0.458 e. The molecule has 6 rings (SSSR count). The first-order valence-electron chi connectivity index (χ1n) is 11.9. The van der Waals surface area contributed by atoms with Crippen LogP contribution in [0.15, 0.2) is 11.6 Å². The van der Waals surface area contributed by atoms with Crippen molar-refractivity contribution < 1.29 is 37.0 Å². The van der Waals surface area contributed by atoms with Gasteiger partial charge in [0.1, 0.15) is 11.2 Å². The molecule has 33 heavy (non-hydrogen) atoms. The van der Waals surface area contributed by atoms with Crippen molar-refractivity contribution in [3.05, 3.63) is 11.6 Å². The minimum atomic E-state index is -5.00. The summed E-state index contributed by atoms with van der Waals surface area (Å²) in [7, 11) is 0. The van der Waals surface area contributed by atoms with Crippen LogP contribution in [0.25, 0.3) is 0 Å². The lowest BCUT2D eigenvalue weighted by Crippen LogP contribution is -2.66. The van der Waals surface area contributed by atoms with Crippen LogP contribution in [0.4, 0.5) is 13.2 Å². The summed E-state index contributed by atoms with van der Waals surface area (Å²) in [5.41, 5.74) is -1.43. The number of fused-ring (bicyclic) bond motifs is 4. The van der Waals surface area contributed by atoms with E-state index in [-0.39, 0.29) is 36.1 Å². The molecular formula is C24H28F3NO5. The highest BCUT2D eigenvalue weighted by molar-refractivity contribution is 5.92. The highest BCUT2D eigenvalue weighted by Gasteiger charge is 2.83. The molecule has 2 aliphatic heterocycles. The van der Waals surface area contributed by atoms with E-state index in [4.69, 9.17) is 9.47 Å². The van der Waals surface area contributed by atoms with Gasteiger partial charge >= 0.3 is 18.1 Å². The summed E-state index contributed by atoms with van der Waals surface area (Å²) in [5.74, 6) is -2.62. The minimum Gasteiger partial charge on any atom is -0.458 e. The number of epoxide rings is 1. The third-order valence-electron chi connectivity index (χ3n) is 10.3. The molecule has 6 aliphatic rings. The number of hydrogen-bond acceptors (Lipinski definition) is 5. The fourth-order valence-corrected chi connectivity index (χ4v) is 8.70. The predicted molar refractivity (Wildman–Crippen MR) is 108 cm³/mol. The Labute approximate surface area is 189 Å². The average Bonchev–Trinajstić information content (AvgIpc) is 3.21. The number of ketones is 1. The Balaban J connectivity index is 1.45. The van der Waals surface area contributed by atoms with Crippen LogP contribution >= 0.6 is 0 Å². The van der Waals surface area contributed by atoms with Gasteiger partial charge in [-0.15, -0.1) is 0 Å². The third kappa shape index (κ3) is 2.52. The van der Waals surface area contributed by atoms with Gasteiger partial charge in [-0.25, -0.2) is 0 Å². The van der Waals surface area contributed by atoms with Gasteiger partial charge in [0, 0.05) is 35.6 Å². The highest BCUT2D eigenvalue weighted by Crippen LogP contribution is 2.77. The summed E-state index contributed by atoms with van der Waals surface area (Å²) in [6.45, 7) is 4.17. The molecule has 0 radical (unpaired) electrons. The van der Waals surface area contributed by atoms with Crippen LogP contribution in [-0.2, 0) is 23.9 Å². The molecule has 2 unspecified atom stereocenters. The number of halogens is 3. The Hall–Kier alpha value is -1.90. The molecule has 0 aromatic heterocycles. The van der Waals surface area contributed by atoms with Crippen molar-refractivity contribution in [2.45, 2.75) is 94.7 Å². The van der Waals surface area contributed by atoms with Crippen LogP contribution in [0.5, 0.6) is 0 Å². The van der Waals surface area contributed by atoms with Gasteiger partial charge in [0.05, 0.1) is 6.10 Å². The number of alkyl halides is 3. The minimum absolute atomic E-state index is 0.0336. The Kier molecular flexibility index (Phi) is 4.06. The molecule has 2 saturated heterocycles. The number of esters is 1. The van der Waals surface area contributed by atoms with Gasteiger partial charge < -0.3 is 14.8 Å². The van der Waals surface area contributed by atoms with E-state index in [1.807, 2.05) is 0 Å². The summed E-state index contributed by atoms with van der Waals surface area (Å²) >= 11 is 0. The van der Waals surface area contributed by atoms with E-state index in [1.165, 1.54) is 0 Å². The number of carbonyl (C=O) groups is 3. The summed E-state index contributed by atoms with van der Waals surface area (Å²) in [6, 6.07) is -0.800. The van der Waals surface area contributed by atoms with Gasteiger partial charge in [-0.3, -0.25) is 14.4 Å². The molecule has 4 aliphatic carbocycles. The zero-order valence-electron chi connectivity index (χ0n) is 18.7. The first kappa shape index (κ1) is 21.6. The zero-order valence-corrected chi connectivity index (χ0v) is 18.7. The van der Waals surface area contributed by atoms with Gasteiger partial charge in [-0.05, 0) is 50.5 Å². The number of rotatable bonds is 1. The van der Waals surface area contributed by atoms with E-state index >= 15 is 0 Å². The number of hydrogen-bond donors (Lipinski definition) is 1. The van der Waals surface area contributed by atoms with Crippen LogP contribution in [0.2, 0.25) is 0 Å². The predicted octanol–water partition coefficient (Wildman–Crippen LogP) is 3.38. The fraction of sp³-hybridized carbons (Fsp3) is 0.792. The molecule has 1 N–H and O–H groups in total. The first-order chi connectivity index (χ1) is 15.4. The Bertz CT molecular complexity index is 1010. The van der Waals surface area contributed by atoms with E-state index in [2.05, 4.69) is 19.2 Å². The maximum atomic E-state index is 13.3. The normalized spacial score (nSPS) is 50.0. The second kappa shape index (κ2) is 6.20. The average molecular weight is 467 g/mol. The SMILES string of the molecule is C[C@]12CCC(=O)C=C1C[C@@H](NC(=O)C(F)(F)F)C1C3CC[C@@]4(CCC(=O)O4)[C@@]3(C)C[C@H]3O[C@@]132. The zero-order chi connectivity index (χ0) is 23.6. The van der Waals surface area contributed by atoms with Gasteiger partial charge in [-0.2, -0.15) is 13.2 Å². The monoisotopic (exact) mass is 467 g/mol. The second-order valence-corrected chi connectivity index (χ2v) is 11.4. The molecule has 180 valence electrons. The molecule has 0 aromatic rings. The van der Waals surface area contributed by atoms with Gasteiger partial charge in [0.15, 0.2) is 5.78 Å². The van der Waals surface area contributed by atoms with E-state index in [1.54, 1.807) is 6.08 Å². The van der Waals surface area contributed by atoms with Crippen LogP contribution in [-0.4, -0.2) is 47.2 Å². The molecule has 8 atom stereocenters. The molecule has 3 saturated carbocycles. The largest absolute Gasteiger partial charge is 0.471 e. The molecule has 0 bridgehead atoms. The number of amides is 1. The summed E-state index contributed by atoms with van der Waals surface area (Å²) in [6.07, 6.45) is 0.561. The van der Waals surface area contributed by atoms with E-state index < -0.39 is 40.2 Å². The van der Waals surface area contributed by atoms with Crippen molar-refractivity contribution >= 4 is 17.7 Å². The molecular weight excluding hydrogens is 439 g/mol. The van der Waals surface area contributed by atoms with Crippen molar-refractivity contribution in [3.63, 3.8) is 0 Å². The van der Waals surface area contributed by atoms with Crippen molar-refractivity contribution in [1.29, 1.82) is 0 Å². The molecule has 1 amide bonds.